The lowest BCUT2D eigenvalue weighted by Gasteiger charge is -2.10. The summed E-state index contributed by atoms with van der Waals surface area (Å²) in [5.74, 6) is -0.882. The van der Waals surface area contributed by atoms with Crippen molar-refractivity contribution < 1.29 is 17.9 Å². The van der Waals surface area contributed by atoms with Crippen molar-refractivity contribution in [3.63, 3.8) is 0 Å². The van der Waals surface area contributed by atoms with Gasteiger partial charge in [0.15, 0.2) is 0 Å². The average Bonchev–Trinajstić information content (AvgIpc) is 2.32. The van der Waals surface area contributed by atoms with Crippen LogP contribution in [0.4, 0.5) is 11.4 Å². The van der Waals surface area contributed by atoms with Gasteiger partial charge in [-0.15, -0.1) is 0 Å². The molecule has 0 aromatic heterocycles. The minimum Gasteiger partial charge on any atom is -0.466 e. The predicted octanol–water partition coefficient (Wildman–Crippen LogP) is 1.73. The number of carbonyl (C=O) groups excluding carboxylic acids is 1. The van der Waals surface area contributed by atoms with Crippen molar-refractivity contribution >= 4 is 43.3 Å². The lowest BCUT2D eigenvalue weighted by molar-refractivity contribution is -0.142. The number of hydrogen-bond donors (Lipinski definition) is 2. The highest BCUT2D eigenvalue weighted by molar-refractivity contribution is 9.10. The Balaban J connectivity index is 2.69. The number of benzene rings is 1. The van der Waals surface area contributed by atoms with Gasteiger partial charge in [0.2, 0.25) is 10.0 Å². The first-order valence-corrected chi connectivity index (χ1v) is 7.99. The molecular weight excluding hydrogens is 336 g/mol. The van der Waals surface area contributed by atoms with E-state index in [1.54, 1.807) is 19.1 Å². The van der Waals surface area contributed by atoms with Crippen molar-refractivity contribution in [3.8, 4) is 0 Å². The second-order valence-electron chi connectivity index (χ2n) is 3.72. The van der Waals surface area contributed by atoms with Gasteiger partial charge in [-0.05, 0) is 41.1 Å². The van der Waals surface area contributed by atoms with Crippen LogP contribution < -0.4 is 10.5 Å². The molecule has 6 nitrogen and oxygen atoms in total. The number of nitrogen functional groups attached to an aromatic ring is 1. The maximum absolute atomic E-state index is 11.8. The number of halogens is 1. The third-order valence-corrected chi connectivity index (χ3v) is 4.10. The SMILES string of the molecule is CCOC(=O)CCS(=O)(=O)Nc1cc(N)ccc1Br. The number of anilines is 2. The Bertz CT molecular complexity index is 560. The third-order valence-electron chi connectivity index (χ3n) is 2.14. The lowest BCUT2D eigenvalue weighted by Crippen LogP contribution is -2.20. The van der Waals surface area contributed by atoms with Gasteiger partial charge in [-0.2, -0.15) is 0 Å². The molecule has 0 radical (unpaired) electrons. The molecule has 1 rings (SSSR count). The number of nitrogens with one attached hydrogen (secondary N) is 1. The Morgan fingerprint density at radius 2 is 2.16 bits per heavy atom. The molecule has 1 aromatic rings. The standard InChI is InChI=1S/C11H15BrN2O4S/c1-2-18-11(15)5-6-19(16,17)14-10-7-8(13)3-4-9(10)12/h3-4,7,14H,2,5-6,13H2,1H3. The van der Waals surface area contributed by atoms with Crippen LogP contribution in [0.2, 0.25) is 0 Å². The maximum Gasteiger partial charge on any atom is 0.306 e. The summed E-state index contributed by atoms with van der Waals surface area (Å²) < 4.78 is 31.2. The maximum atomic E-state index is 11.8. The molecule has 0 unspecified atom stereocenters. The van der Waals surface area contributed by atoms with Crippen LogP contribution in [0.5, 0.6) is 0 Å². The van der Waals surface area contributed by atoms with Gasteiger partial charge in [0.25, 0.3) is 0 Å². The molecule has 19 heavy (non-hydrogen) atoms. The number of nitrogens with two attached hydrogens (primary N) is 1. The van der Waals surface area contributed by atoms with Gasteiger partial charge in [0.05, 0.1) is 24.5 Å². The summed E-state index contributed by atoms with van der Waals surface area (Å²) in [6.07, 6.45) is -0.191. The molecule has 0 spiro atoms. The molecule has 0 aliphatic heterocycles. The van der Waals surface area contributed by atoms with Gasteiger partial charge in [-0.1, -0.05) is 0 Å². The Hall–Kier alpha value is -1.28. The molecule has 3 N–H and O–H groups in total. The highest BCUT2D eigenvalue weighted by atomic mass is 79.9. The molecule has 8 heteroatoms. The van der Waals surface area contributed by atoms with Crippen molar-refractivity contribution in [1.29, 1.82) is 0 Å². The van der Waals surface area contributed by atoms with E-state index in [0.29, 0.717) is 15.8 Å². The van der Waals surface area contributed by atoms with Crippen LogP contribution in [0, 0.1) is 0 Å². The summed E-state index contributed by atoms with van der Waals surface area (Å²) in [6.45, 7) is 1.89. The number of ether oxygens (including phenoxy) is 1. The second kappa shape index (κ2) is 6.76. The lowest BCUT2D eigenvalue weighted by atomic mass is 10.3. The van der Waals surface area contributed by atoms with Crippen LogP contribution in [-0.2, 0) is 19.6 Å². The Morgan fingerprint density at radius 1 is 1.47 bits per heavy atom. The van der Waals surface area contributed by atoms with Crippen LogP contribution in [0.15, 0.2) is 22.7 Å². The highest BCUT2D eigenvalue weighted by Gasteiger charge is 2.15. The molecule has 0 bridgehead atoms. The second-order valence-corrected chi connectivity index (χ2v) is 6.41. The van der Waals surface area contributed by atoms with Crippen LogP contribution in [0.3, 0.4) is 0 Å². The number of rotatable bonds is 6. The first kappa shape index (κ1) is 15.8. The summed E-state index contributed by atoms with van der Waals surface area (Å²) in [7, 11) is -3.62. The van der Waals surface area contributed by atoms with Gasteiger partial charge in [-0.25, -0.2) is 8.42 Å². The Morgan fingerprint density at radius 3 is 2.79 bits per heavy atom. The summed E-state index contributed by atoms with van der Waals surface area (Å²) in [5.41, 5.74) is 6.35. The normalized spacial score (nSPS) is 11.1. The van der Waals surface area contributed by atoms with Gasteiger partial charge >= 0.3 is 5.97 Å². The molecule has 1 aromatic carbocycles. The number of hydrogen-bond acceptors (Lipinski definition) is 5. The summed E-state index contributed by atoms with van der Waals surface area (Å²) in [6, 6.07) is 4.77. The minimum absolute atomic E-state index is 0.191. The van der Waals surface area contributed by atoms with Gasteiger partial charge in [-0.3, -0.25) is 9.52 Å². The molecule has 0 saturated heterocycles. The average molecular weight is 351 g/mol. The van der Waals surface area contributed by atoms with E-state index in [1.807, 2.05) is 0 Å². The minimum atomic E-state index is -3.62. The van der Waals surface area contributed by atoms with E-state index in [9.17, 15) is 13.2 Å². The van der Waals surface area contributed by atoms with Crippen LogP contribution >= 0.6 is 15.9 Å². The first-order chi connectivity index (χ1) is 8.84. The summed E-state index contributed by atoms with van der Waals surface area (Å²) in [4.78, 5) is 11.1. The zero-order valence-electron chi connectivity index (χ0n) is 10.3. The van der Waals surface area contributed by atoms with Gasteiger partial charge in [0.1, 0.15) is 0 Å². The molecule has 106 valence electrons. The molecule has 0 amide bonds. The number of sulfonamides is 1. The van der Waals surface area contributed by atoms with Crippen molar-refractivity contribution in [2.75, 3.05) is 22.8 Å². The van der Waals surface area contributed by atoms with Crippen molar-refractivity contribution in [3.05, 3.63) is 22.7 Å². The van der Waals surface area contributed by atoms with Crippen molar-refractivity contribution in [2.45, 2.75) is 13.3 Å². The van der Waals surface area contributed by atoms with E-state index in [2.05, 4.69) is 25.4 Å². The Kier molecular flexibility index (Phi) is 5.61. The van der Waals surface area contributed by atoms with E-state index in [4.69, 9.17) is 5.73 Å². The molecule has 0 atom stereocenters. The number of carbonyl (C=O) groups is 1. The fourth-order valence-corrected chi connectivity index (χ4v) is 2.81. The zero-order valence-corrected chi connectivity index (χ0v) is 12.8. The summed E-state index contributed by atoms with van der Waals surface area (Å²) >= 11 is 3.21. The van der Waals surface area contributed by atoms with E-state index in [0.717, 1.165) is 0 Å². The van der Waals surface area contributed by atoms with Crippen molar-refractivity contribution in [2.24, 2.45) is 0 Å². The largest absolute Gasteiger partial charge is 0.466 e. The molecular formula is C11H15BrN2O4S. The van der Waals surface area contributed by atoms with Crippen LogP contribution in [0.1, 0.15) is 13.3 Å². The molecule has 0 fully saturated rings. The summed E-state index contributed by atoms with van der Waals surface area (Å²) in [5, 5.41) is 0. The molecule has 0 aliphatic carbocycles. The van der Waals surface area contributed by atoms with Gasteiger partial charge in [0, 0.05) is 10.2 Å². The van der Waals surface area contributed by atoms with Crippen LogP contribution in [-0.4, -0.2) is 26.7 Å². The van der Waals surface area contributed by atoms with E-state index >= 15 is 0 Å². The smallest absolute Gasteiger partial charge is 0.306 e. The fourth-order valence-electron chi connectivity index (χ4n) is 1.29. The Labute approximate surface area is 120 Å². The molecule has 0 aliphatic rings. The first-order valence-electron chi connectivity index (χ1n) is 5.55. The molecule has 0 saturated carbocycles. The predicted molar refractivity (Wildman–Crippen MR) is 77.2 cm³/mol. The number of esters is 1. The van der Waals surface area contributed by atoms with Crippen LogP contribution in [0.25, 0.3) is 0 Å². The highest BCUT2D eigenvalue weighted by Crippen LogP contribution is 2.25. The van der Waals surface area contributed by atoms with Gasteiger partial charge < -0.3 is 10.5 Å². The van der Waals surface area contributed by atoms with E-state index < -0.39 is 16.0 Å². The monoisotopic (exact) mass is 350 g/mol. The third kappa shape index (κ3) is 5.48. The molecule has 0 heterocycles. The zero-order chi connectivity index (χ0) is 14.5. The van der Waals surface area contributed by atoms with E-state index in [-0.39, 0.29) is 18.8 Å². The fraction of sp³-hybridized carbons (Fsp3) is 0.364. The van der Waals surface area contributed by atoms with E-state index in [1.165, 1.54) is 6.07 Å². The topological polar surface area (TPSA) is 98.5 Å². The quantitative estimate of drug-likeness (QED) is 0.601. The van der Waals surface area contributed by atoms with Crippen molar-refractivity contribution in [1.82, 2.24) is 0 Å².